The van der Waals surface area contributed by atoms with Gasteiger partial charge in [-0.1, -0.05) is 24.3 Å². The van der Waals surface area contributed by atoms with Gasteiger partial charge in [0, 0.05) is 5.69 Å². The fourth-order valence-corrected chi connectivity index (χ4v) is 4.11. The number of carbonyl (C=O) groups is 4. The molecule has 1 fully saturated rings. The molecule has 30 heavy (non-hydrogen) atoms. The number of anilines is 1. The Balaban J connectivity index is 1.48. The maximum absolute atomic E-state index is 13.2. The van der Waals surface area contributed by atoms with Gasteiger partial charge in [-0.05, 0) is 54.7 Å². The van der Waals surface area contributed by atoms with Crippen molar-refractivity contribution >= 4 is 29.5 Å². The minimum absolute atomic E-state index is 0.350. The van der Waals surface area contributed by atoms with Gasteiger partial charge in [0.1, 0.15) is 12.1 Å². The van der Waals surface area contributed by atoms with Gasteiger partial charge < -0.3 is 15.4 Å². The molecular weight excluding hydrogens is 386 g/mol. The molecule has 0 unspecified atom stereocenters. The summed E-state index contributed by atoms with van der Waals surface area (Å²) in [5, 5.41) is 5.47. The molecule has 154 valence electrons. The van der Waals surface area contributed by atoms with E-state index in [0.29, 0.717) is 17.7 Å². The van der Waals surface area contributed by atoms with Crippen molar-refractivity contribution in [3.63, 3.8) is 0 Å². The van der Waals surface area contributed by atoms with Gasteiger partial charge in [-0.15, -0.1) is 0 Å². The number of methoxy groups -OCH3 is 1. The van der Waals surface area contributed by atoms with E-state index in [2.05, 4.69) is 15.4 Å². The van der Waals surface area contributed by atoms with Gasteiger partial charge in [-0.25, -0.2) is 9.59 Å². The summed E-state index contributed by atoms with van der Waals surface area (Å²) in [4.78, 5) is 50.7. The molecule has 2 aromatic carbocycles. The van der Waals surface area contributed by atoms with Crippen molar-refractivity contribution in [1.29, 1.82) is 0 Å². The van der Waals surface area contributed by atoms with Crippen LogP contribution in [0.3, 0.4) is 0 Å². The number of amides is 4. The average Bonchev–Trinajstić information content (AvgIpc) is 2.98. The minimum atomic E-state index is -1.10. The Bertz CT molecular complexity index is 1030. The van der Waals surface area contributed by atoms with Crippen LogP contribution >= 0.6 is 0 Å². The molecule has 4 amide bonds. The molecule has 2 aromatic rings. The molecule has 4 rings (SSSR count). The van der Waals surface area contributed by atoms with E-state index in [1.807, 2.05) is 24.3 Å². The number of carbonyl (C=O) groups excluding carboxylic acids is 4. The number of benzene rings is 2. The summed E-state index contributed by atoms with van der Waals surface area (Å²) in [6.45, 7) is -0.395. The first-order valence-electron chi connectivity index (χ1n) is 9.65. The highest BCUT2D eigenvalue weighted by atomic mass is 16.5. The molecule has 2 N–H and O–H groups in total. The lowest BCUT2D eigenvalue weighted by Gasteiger charge is -2.33. The summed E-state index contributed by atoms with van der Waals surface area (Å²) in [5.41, 5.74) is 1.53. The maximum atomic E-state index is 13.2. The van der Waals surface area contributed by atoms with Crippen LogP contribution in [0.15, 0.2) is 48.5 Å². The van der Waals surface area contributed by atoms with Gasteiger partial charge in [0.15, 0.2) is 0 Å². The fourth-order valence-electron chi connectivity index (χ4n) is 4.11. The normalized spacial score (nSPS) is 20.0. The number of ether oxygens (including phenoxy) is 1. The molecule has 0 radical (unpaired) electrons. The van der Waals surface area contributed by atoms with E-state index >= 15 is 0 Å². The van der Waals surface area contributed by atoms with Gasteiger partial charge >= 0.3 is 12.0 Å². The Morgan fingerprint density at radius 2 is 1.87 bits per heavy atom. The molecule has 0 saturated carbocycles. The Labute approximate surface area is 173 Å². The minimum Gasteiger partial charge on any atom is -0.465 e. The maximum Gasteiger partial charge on any atom is 0.337 e. The van der Waals surface area contributed by atoms with Crippen molar-refractivity contribution in [3.8, 4) is 0 Å². The largest absolute Gasteiger partial charge is 0.465 e. The molecule has 1 aliphatic carbocycles. The lowest BCUT2D eigenvalue weighted by molar-refractivity contribution is -0.134. The smallest absolute Gasteiger partial charge is 0.337 e. The van der Waals surface area contributed by atoms with E-state index < -0.39 is 35.9 Å². The standard InChI is InChI=1S/C22H21N3O5/c1-30-19(27)15-8-10-16(11-9-15)23-18(26)13-25-20(28)22(24-21(25)29)12-4-6-14-5-2-3-7-17(14)22/h2-3,5,7-11H,4,6,12-13H2,1H3,(H,23,26)(H,24,29)/t22-/m1/s1. The predicted molar refractivity (Wildman–Crippen MR) is 108 cm³/mol. The fraction of sp³-hybridized carbons (Fsp3) is 0.273. The number of fused-ring (bicyclic) bond motifs is 2. The Kier molecular flexibility index (Phi) is 4.99. The van der Waals surface area contributed by atoms with Crippen LogP contribution in [0.25, 0.3) is 0 Å². The molecule has 1 aliphatic heterocycles. The molecule has 1 saturated heterocycles. The first-order valence-corrected chi connectivity index (χ1v) is 9.65. The third kappa shape index (κ3) is 3.30. The molecule has 0 bridgehead atoms. The highest BCUT2D eigenvalue weighted by Gasteiger charge is 2.54. The van der Waals surface area contributed by atoms with Crippen LogP contribution in [-0.2, 0) is 26.3 Å². The summed E-state index contributed by atoms with van der Waals surface area (Å²) in [6.07, 6.45) is 2.13. The van der Waals surface area contributed by atoms with Gasteiger partial charge in [0.2, 0.25) is 5.91 Å². The number of urea groups is 1. The van der Waals surface area contributed by atoms with E-state index in [0.717, 1.165) is 28.9 Å². The lowest BCUT2D eigenvalue weighted by Crippen LogP contribution is -2.47. The molecule has 0 aromatic heterocycles. The van der Waals surface area contributed by atoms with E-state index in [1.54, 1.807) is 12.1 Å². The van der Waals surface area contributed by atoms with Crippen molar-refractivity contribution in [2.75, 3.05) is 19.0 Å². The number of nitrogens with one attached hydrogen (secondary N) is 2. The lowest BCUT2D eigenvalue weighted by atomic mass is 9.76. The summed E-state index contributed by atoms with van der Waals surface area (Å²) >= 11 is 0. The van der Waals surface area contributed by atoms with Crippen LogP contribution < -0.4 is 10.6 Å². The monoisotopic (exact) mass is 407 g/mol. The predicted octanol–water partition coefficient (Wildman–Crippen LogP) is 2.20. The third-order valence-corrected chi connectivity index (χ3v) is 5.54. The Hall–Kier alpha value is -3.68. The van der Waals surface area contributed by atoms with Crippen LogP contribution in [0.5, 0.6) is 0 Å². The van der Waals surface area contributed by atoms with E-state index in [9.17, 15) is 19.2 Å². The second-order valence-electron chi connectivity index (χ2n) is 7.35. The first-order chi connectivity index (χ1) is 14.4. The Morgan fingerprint density at radius 3 is 2.60 bits per heavy atom. The van der Waals surface area contributed by atoms with Crippen LogP contribution in [0.2, 0.25) is 0 Å². The number of rotatable bonds is 4. The third-order valence-electron chi connectivity index (χ3n) is 5.54. The molecule has 1 atom stereocenters. The summed E-state index contributed by atoms with van der Waals surface area (Å²) in [7, 11) is 1.29. The van der Waals surface area contributed by atoms with Gasteiger partial charge in [-0.2, -0.15) is 0 Å². The van der Waals surface area contributed by atoms with Crippen molar-refractivity contribution in [3.05, 3.63) is 65.2 Å². The van der Waals surface area contributed by atoms with Gasteiger partial charge in [0.05, 0.1) is 12.7 Å². The quantitative estimate of drug-likeness (QED) is 0.597. The summed E-state index contributed by atoms with van der Waals surface area (Å²) in [6, 6.07) is 13.1. The highest BCUT2D eigenvalue weighted by molar-refractivity contribution is 6.10. The zero-order valence-electron chi connectivity index (χ0n) is 16.4. The first kappa shape index (κ1) is 19.6. The average molecular weight is 407 g/mol. The van der Waals surface area contributed by atoms with E-state index in [1.165, 1.54) is 19.2 Å². The van der Waals surface area contributed by atoms with E-state index in [-0.39, 0.29) is 0 Å². The van der Waals surface area contributed by atoms with Crippen LogP contribution in [-0.4, -0.2) is 42.4 Å². The van der Waals surface area contributed by atoms with Crippen LogP contribution in [0, 0.1) is 0 Å². The molecular formula is C22H21N3O5. The topological polar surface area (TPSA) is 105 Å². The SMILES string of the molecule is COC(=O)c1ccc(NC(=O)CN2C(=O)N[C@@]3(CCCc4ccccc43)C2=O)cc1. The van der Waals surface area contributed by atoms with Crippen molar-refractivity contribution < 1.29 is 23.9 Å². The molecule has 8 heteroatoms. The second kappa shape index (κ2) is 7.62. The number of esters is 1. The molecule has 1 spiro atoms. The number of imide groups is 1. The zero-order chi connectivity index (χ0) is 21.3. The Morgan fingerprint density at radius 1 is 1.13 bits per heavy atom. The number of hydrogen-bond acceptors (Lipinski definition) is 5. The van der Waals surface area contributed by atoms with Crippen molar-refractivity contribution in [2.45, 2.75) is 24.8 Å². The highest BCUT2D eigenvalue weighted by Crippen LogP contribution is 2.39. The van der Waals surface area contributed by atoms with Crippen LogP contribution in [0.4, 0.5) is 10.5 Å². The van der Waals surface area contributed by atoms with Gasteiger partial charge in [-0.3, -0.25) is 14.5 Å². The zero-order valence-corrected chi connectivity index (χ0v) is 16.4. The number of nitrogens with zero attached hydrogens (tertiary/aromatic N) is 1. The summed E-state index contributed by atoms with van der Waals surface area (Å²) < 4.78 is 4.63. The van der Waals surface area contributed by atoms with Crippen molar-refractivity contribution in [2.24, 2.45) is 0 Å². The van der Waals surface area contributed by atoms with Crippen molar-refractivity contribution in [1.82, 2.24) is 10.2 Å². The summed E-state index contributed by atoms with van der Waals surface area (Å²) in [5.74, 6) is -1.40. The second-order valence-corrected chi connectivity index (χ2v) is 7.35. The molecule has 1 heterocycles. The van der Waals surface area contributed by atoms with E-state index in [4.69, 9.17) is 0 Å². The molecule has 8 nitrogen and oxygen atoms in total. The number of hydrogen-bond donors (Lipinski definition) is 2. The number of aryl methyl sites for hydroxylation is 1. The van der Waals surface area contributed by atoms with Crippen LogP contribution in [0.1, 0.15) is 34.3 Å². The molecule has 2 aliphatic rings. The van der Waals surface area contributed by atoms with Gasteiger partial charge in [0.25, 0.3) is 5.91 Å².